The second-order valence-corrected chi connectivity index (χ2v) is 4.28. The fraction of sp³-hybridized carbons (Fsp3) is 0.455. The molecule has 0 spiro atoms. The Hall–Kier alpha value is -1.58. The first-order valence-corrected chi connectivity index (χ1v) is 5.33. The molecule has 0 aromatic carbocycles. The first kappa shape index (κ1) is 8.71. The van der Waals surface area contributed by atoms with Crippen LogP contribution in [0, 0.1) is 0 Å². The van der Waals surface area contributed by atoms with Crippen LogP contribution in [-0.4, -0.2) is 14.5 Å². The molecule has 1 fully saturated rings. The molecule has 1 saturated carbocycles. The summed E-state index contributed by atoms with van der Waals surface area (Å²) in [5.41, 5.74) is 9.04. The van der Waals surface area contributed by atoms with Crippen molar-refractivity contribution >= 4 is 16.9 Å². The van der Waals surface area contributed by atoms with Crippen LogP contribution in [0.2, 0.25) is 0 Å². The molecule has 4 nitrogen and oxygen atoms in total. The van der Waals surface area contributed by atoms with Crippen molar-refractivity contribution in [3.05, 3.63) is 18.1 Å². The molecule has 0 aliphatic heterocycles. The Kier molecular flexibility index (Phi) is 1.71. The predicted molar refractivity (Wildman–Crippen MR) is 59.5 cm³/mol. The van der Waals surface area contributed by atoms with Crippen LogP contribution in [-0.2, 0) is 7.05 Å². The summed E-state index contributed by atoms with van der Waals surface area (Å²) in [6.45, 7) is 0. The normalized spacial score (nSPS) is 16.9. The van der Waals surface area contributed by atoms with Crippen LogP contribution in [0.5, 0.6) is 0 Å². The van der Waals surface area contributed by atoms with Crippen LogP contribution in [0.25, 0.3) is 11.0 Å². The van der Waals surface area contributed by atoms with E-state index < -0.39 is 0 Å². The smallest absolute Gasteiger partial charge is 0.125 e. The number of imidazole rings is 1. The molecule has 0 radical (unpaired) electrons. The molecule has 4 heteroatoms. The molecule has 2 aromatic heterocycles. The van der Waals surface area contributed by atoms with Gasteiger partial charge >= 0.3 is 0 Å². The van der Waals surface area contributed by atoms with Gasteiger partial charge in [-0.15, -0.1) is 0 Å². The lowest BCUT2D eigenvalue weighted by atomic mass is 9.82. The monoisotopic (exact) mass is 202 g/mol. The van der Waals surface area contributed by atoms with Gasteiger partial charge in [-0.3, -0.25) is 0 Å². The van der Waals surface area contributed by atoms with E-state index in [9.17, 15) is 0 Å². The van der Waals surface area contributed by atoms with Crippen LogP contribution in [0.15, 0.2) is 12.4 Å². The third kappa shape index (κ3) is 1.21. The number of fused-ring (bicyclic) bond motifs is 1. The number of rotatable bonds is 1. The van der Waals surface area contributed by atoms with Crippen LogP contribution in [0.3, 0.4) is 0 Å². The van der Waals surface area contributed by atoms with Crippen molar-refractivity contribution in [1.82, 2.24) is 14.5 Å². The number of anilines is 1. The fourth-order valence-electron chi connectivity index (χ4n) is 2.20. The Labute approximate surface area is 88.1 Å². The summed E-state index contributed by atoms with van der Waals surface area (Å²) in [6, 6.07) is 1.84. The van der Waals surface area contributed by atoms with Gasteiger partial charge in [0.25, 0.3) is 0 Å². The highest BCUT2D eigenvalue weighted by Crippen LogP contribution is 2.38. The molecule has 0 atom stereocenters. The van der Waals surface area contributed by atoms with Gasteiger partial charge in [0.05, 0.1) is 23.1 Å². The number of aromatic nitrogens is 3. The second kappa shape index (κ2) is 2.95. The molecule has 15 heavy (non-hydrogen) atoms. The number of hydrogen-bond donors (Lipinski definition) is 1. The van der Waals surface area contributed by atoms with Crippen molar-refractivity contribution in [2.24, 2.45) is 7.05 Å². The zero-order valence-electron chi connectivity index (χ0n) is 8.77. The quantitative estimate of drug-likeness (QED) is 0.767. The van der Waals surface area contributed by atoms with Gasteiger partial charge in [0.15, 0.2) is 0 Å². The van der Waals surface area contributed by atoms with Gasteiger partial charge in [-0.25, -0.2) is 9.97 Å². The van der Waals surface area contributed by atoms with Gasteiger partial charge < -0.3 is 10.3 Å². The maximum absolute atomic E-state index is 5.79. The van der Waals surface area contributed by atoms with Crippen molar-refractivity contribution in [1.29, 1.82) is 0 Å². The number of nitrogens with zero attached hydrogens (tertiary/aromatic N) is 3. The summed E-state index contributed by atoms with van der Waals surface area (Å²) in [5.74, 6) is 1.18. The van der Waals surface area contributed by atoms with Crippen LogP contribution in [0.4, 0.5) is 5.82 Å². The Morgan fingerprint density at radius 2 is 2.27 bits per heavy atom. The summed E-state index contributed by atoms with van der Waals surface area (Å²) in [5, 5.41) is 0. The molecule has 0 saturated heterocycles. The van der Waals surface area contributed by atoms with Crippen molar-refractivity contribution < 1.29 is 0 Å². The van der Waals surface area contributed by atoms with E-state index in [0.717, 1.165) is 16.7 Å². The Bertz CT molecular complexity index is 511. The highest BCUT2D eigenvalue weighted by molar-refractivity contribution is 5.80. The largest absolute Gasteiger partial charge is 0.384 e. The van der Waals surface area contributed by atoms with E-state index in [-0.39, 0.29) is 0 Å². The summed E-state index contributed by atoms with van der Waals surface area (Å²) >= 11 is 0. The summed E-state index contributed by atoms with van der Waals surface area (Å²) in [6.07, 6.45) is 5.60. The molecular formula is C11H14N4. The average molecular weight is 202 g/mol. The lowest BCUT2D eigenvalue weighted by Crippen LogP contribution is -2.13. The Morgan fingerprint density at radius 3 is 2.93 bits per heavy atom. The van der Waals surface area contributed by atoms with Gasteiger partial charge in [-0.1, -0.05) is 6.42 Å². The second-order valence-electron chi connectivity index (χ2n) is 4.28. The minimum absolute atomic E-state index is 0.586. The van der Waals surface area contributed by atoms with Crippen molar-refractivity contribution in [3.8, 4) is 0 Å². The van der Waals surface area contributed by atoms with Crippen LogP contribution >= 0.6 is 0 Å². The molecule has 3 rings (SSSR count). The number of hydrogen-bond acceptors (Lipinski definition) is 3. The Morgan fingerprint density at radius 1 is 1.47 bits per heavy atom. The van der Waals surface area contributed by atoms with Gasteiger partial charge in [0, 0.05) is 19.0 Å². The van der Waals surface area contributed by atoms with Crippen molar-refractivity contribution in [2.45, 2.75) is 25.2 Å². The lowest BCUT2D eigenvalue weighted by molar-refractivity contribution is 0.413. The van der Waals surface area contributed by atoms with Crippen molar-refractivity contribution in [3.63, 3.8) is 0 Å². The van der Waals surface area contributed by atoms with Gasteiger partial charge in [0.2, 0.25) is 0 Å². The molecule has 1 aliphatic carbocycles. The minimum Gasteiger partial charge on any atom is -0.384 e. The summed E-state index contributed by atoms with van der Waals surface area (Å²) in [7, 11) is 2.01. The number of nitrogens with two attached hydrogens (primary N) is 1. The molecule has 0 amide bonds. The standard InChI is InChI=1S/C11H14N4/c1-15-6-13-8-5-9(12)14-10(11(8)15)7-3-2-4-7/h5-7H,2-4H2,1H3,(H2,12,14). The number of nitrogen functional groups attached to an aromatic ring is 1. The van der Waals surface area contributed by atoms with E-state index in [1.807, 2.05) is 24.0 Å². The highest BCUT2D eigenvalue weighted by Gasteiger charge is 2.24. The molecule has 0 bridgehead atoms. The first-order chi connectivity index (χ1) is 7.25. The van der Waals surface area contributed by atoms with Crippen molar-refractivity contribution in [2.75, 3.05) is 5.73 Å². The zero-order chi connectivity index (χ0) is 10.4. The average Bonchev–Trinajstić information content (AvgIpc) is 2.44. The van der Waals surface area contributed by atoms with Crippen LogP contribution < -0.4 is 5.73 Å². The van der Waals surface area contributed by atoms with E-state index in [1.54, 1.807) is 0 Å². The van der Waals surface area contributed by atoms with E-state index in [1.165, 1.54) is 19.3 Å². The molecule has 2 N–H and O–H groups in total. The van der Waals surface area contributed by atoms with Gasteiger partial charge in [-0.2, -0.15) is 0 Å². The Balaban J connectivity index is 2.28. The van der Waals surface area contributed by atoms with E-state index in [2.05, 4.69) is 9.97 Å². The SMILES string of the molecule is Cn1cnc2cc(N)nc(C3CCC3)c21. The molecule has 2 aromatic rings. The fourth-order valence-corrected chi connectivity index (χ4v) is 2.20. The number of pyridine rings is 1. The first-order valence-electron chi connectivity index (χ1n) is 5.33. The third-order valence-electron chi connectivity index (χ3n) is 3.23. The van der Waals surface area contributed by atoms with E-state index >= 15 is 0 Å². The third-order valence-corrected chi connectivity index (χ3v) is 3.23. The van der Waals surface area contributed by atoms with E-state index in [0.29, 0.717) is 11.7 Å². The molecule has 0 unspecified atom stereocenters. The van der Waals surface area contributed by atoms with E-state index in [4.69, 9.17) is 5.73 Å². The topological polar surface area (TPSA) is 56.7 Å². The minimum atomic E-state index is 0.586. The maximum Gasteiger partial charge on any atom is 0.125 e. The van der Waals surface area contributed by atoms with Crippen LogP contribution in [0.1, 0.15) is 30.9 Å². The van der Waals surface area contributed by atoms with Gasteiger partial charge in [0.1, 0.15) is 5.82 Å². The summed E-state index contributed by atoms with van der Waals surface area (Å²) < 4.78 is 2.04. The maximum atomic E-state index is 5.79. The molecular weight excluding hydrogens is 188 g/mol. The highest BCUT2D eigenvalue weighted by atomic mass is 15.0. The molecule has 2 heterocycles. The lowest BCUT2D eigenvalue weighted by Gasteiger charge is -2.25. The molecule has 78 valence electrons. The predicted octanol–water partition coefficient (Wildman–Crippen LogP) is 1.82. The van der Waals surface area contributed by atoms with Gasteiger partial charge in [-0.05, 0) is 12.8 Å². The summed E-state index contributed by atoms with van der Waals surface area (Å²) in [4.78, 5) is 8.80. The molecule has 1 aliphatic rings. The number of aryl methyl sites for hydroxylation is 1. The zero-order valence-corrected chi connectivity index (χ0v) is 8.77.